The molecule has 0 atom stereocenters. The summed E-state index contributed by atoms with van der Waals surface area (Å²) in [5.41, 5.74) is 3.82. The van der Waals surface area contributed by atoms with E-state index < -0.39 is 0 Å². The number of rotatable bonds is 1. The summed E-state index contributed by atoms with van der Waals surface area (Å²) < 4.78 is 2.15. The van der Waals surface area contributed by atoms with E-state index in [1.165, 1.54) is 22.0 Å². The average Bonchev–Trinajstić information content (AvgIpc) is 2.90. The molecule has 1 aliphatic rings. The fraction of sp³-hybridized carbons (Fsp3) is 0.0667. The van der Waals surface area contributed by atoms with Crippen LogP contribution < -0.4 is 0 Å². The fourth-order valence-corrected chi connectivity index (χ4v) is 2.12. The number of aryl methyl sites for hydroxylation is 1. The highest BCUT2D eigenvalue weighted by Gasteiger charge is 2.02. The number of hydrogen-bond donors (Lipinski definition) is 0. The van der Waals surface area contributed by atoms with E-state index in [0.717, 1.165) is 0 Å². The summed E-state index contributed by atoms with van der Waals surface area (Å²) in [6, 6.07) is 8.59. The quantitative estimate of drug-likeness (QED) is 0.672. The minimum Gasteiger partial charge on any atom is -0.351 e. The molecule has 0 amide bonds. The van der Waals surface area contributed by atoms with Gasteiger partial charge in [0.1, 0.15) is 0 Å². The predicted molar refractivity (Wildman–Crippen MR) is 69.2 cm³/mol. The first-order valence-corrected chi connectivity index (χ1v) is 5.45. The zero-order valence-electron chi connectivity index (χ0n) is 9.22. The zero-order chi connectivity index (χ0) is 11.0. The molecule has 78 valence electrons. The molecule has 1 nitrogen and oxygen atoms in total. The van der Waals surface area contributed by atoms with Gasteiger partial charge >= 0.3 is 0 Å². The summed E-state index contributed by atoms with van der Waals surface area (Å²) in [4.78, 5) is 0. The van der Waals surface area contributed by atoms with Gasteiger partial charge in [0.05, 0.1) is 0 Å². The largest absolute Gasteiger partial charge is 0.351 e. The van der Waals surface area contributed by atoms with E-state index in [2.05, 4.69) is 72.5 Å². The zero-order valence-corrected chi connectivity index (χ0v) is 9.22. The lowest BCUT2D eigenvalue weighted by Crippen LogP contribution is -1.84. The van der Waals surface area contributed by atoms with Crippen LogP contribution in [0.2, 0.25) is 0 Å². The Bertz CT molecular complexity index is 610. The van der Waals surface area contributed by atoms with Gasteiger partial charge in [-0.3, -0.25) is 0 Å². The molecule has 3 rings (SSSR count). The Hall–Kier alpha value is -2.02. The summed E-state index contributed by atoms with van der Waals surface area (Å²) in [6.45, 7) is 0. The highest BCUT2D eigenvalue weighted by atomic mass is 14.9. The second-order valence-electron chi connectivity index (χ2n) is 4.07. The standard InChI is InChI=1S/C15H13N/c1-16-10-9-14-13(7-4-8-15(14)16)11-12-5-2-3-6-12/h2-11H,1H3. The van der Waals surface area contributed by atoms with Crippen LogP contribution in [-0.2, 0) is 7.05 Å². The minimum absolute atomic E-state index is 1.26. The Morgan fingerprint density at radius 1 is 1.06 bits per heavy atom. The maximum atomic E-state index is 2.22. The fourth-order valence-electron chi connectivity index (χ4n) is 2.12. The van der Waals surface area contributed by atoms with Crippen LogP contribution >= 0.6 is 0 Å². The summed E-state index contributed by atoms with van der Waals surface area (Å²) >= 11 is 0. The van der Waals surface area contributed by atoms with E-state index >= 15 is 0 Å². The van der Waals surface area contributed by atoms with Gasteiger partial charge in [0, 0.05) is 24.1 Å². The first-order valence-electron chi connectivity index (χ1n) is 5.45. The highest BCUT2D eigenvalue weighted by Crippen LogP contribution is 2.23. The van der Waals surface area contributed by atoms with E-state index in [4.69, 9.17) is 0 Å². The SMILES string of the molecule is Cn1ccc2c(C=C3C=CC=C3)cccc21. The van der Waals surface area contributed by atoms with E-state index in [1.54, 1.807) is 0 Å². The second-order valence-corrected chi connectivity index (χ2v) is 4.07. The molecule has 0 radical (unpaired) electrons. The number of allylic oxidation sites excluding steroid dienone is 5. The molecule has 0 bridgehead atoms. The van der Waals surface area contributed by atoms with Gasteiger partial charge in [-0.25, -0.2) is 0 Å². The molecule has 0 aliphatic heterocycles. The van der Waals surface area contributed by atoms with Crippen LogP contribution in [0.25, 0.3) is 17.0 Å². The van der Waals surface area contributed by atoms with Crippen molar-refractivity contribution in [3.8, 4) is 0 Å². The Labute approximate surface area is 95.0 Å². The van der Waals surface area contributed by atoms with Crippen LogP contribution in [0.5, 0.6) is 0 Å². The summed E-state index contributed by atoms with van der Waals surface area (Å²) in [5, 5.41) is 1.31. The van der Waals surface area contributed by atoms with Crippen molar-refractivity contribution < 1.29 is 0 Å². The number of aromatic nitrogens is 1. The van der Waals surface area contributed by atoms with Crippen LogP contribution in [0.3, 0.4) is 0 Å². The molecule has 1 aromatic carbocycles. The Morgan fingerprint density at radius 2 is 1.88 bits per heavy atom. The van der Waals surface area contributed by atoms with Gasteiger partial charge in [-0.2, -0.15) is 0 Å². The van der Waals surface area contributed by atoms with E-state index in [1.807, 2.05) is 0 Å². The van der Waals surface area contributed by atoms with Gasteiger partial charge < -0.3 is 4.57 Å². The summed E-state index contributed by atoms with van der Waals surface area (Å²) in [5.74, 6) is 0. The molecule has 1 heterocycles. The van der Waals surface area contributed by atoms with Crippen molar-refractivity contribution in [2.75, 3.05) is 0 Å². The van der Waals surface area contributed by atoms with Gasteiger partial charge in [-0.1, -0.05) is 36.4 Å². The van der Waals surface area contributed by atoms with Crippen LogP contribution in [-0.4, -0.2) is 4.57 Å². The van der Waals surface area contributed by atoms with E-state index in [0.29, 0.717) is 0 Å². The predicted octanol–water partition coefficient (Wildman–Crippen LogP) is 3.69. The molecule has 0 N–H and O–H groups in total. The molecular formula is C15H13N. The molecule has 1 aromatic heterocycles. The van der Waals surface area contributed by atoms with E-state index in [-0.39, 0.29) is 0 Å². The van der Waals surface area contributed by atoms with Crippen molar-refractivity contribution in [1.82, 2.24) is 4.57 Å². The number of benzene rings is 1. The average molecular weight is 207 g/mol. The molecule has 0 spiro atoms. The minimum atomic E-state index is 1.26. The van der Waals surface area contributed by atoms with Crippen LogP contribution in [0.4, 0.5) is 0 Å². The molecule has 0 saturated carbocycles. The molecular weight excluding hydrogens is 194 g/mol. The third-order valence-electron chi connectivity index (χ3n) is 2.97. The lowest BCUT2D eigenvalue weighted by atomic mass is 10.1. The Morgan fingerprint density at radius 3 is 2.69 bits per heavy atom. The first kappa shape index (κ1) is 9.22. The number of hydrogen-bond acceptors (Lipinski definition) is 0. The molecule has 0 fully saturated rings. The van der Waals surface area contributed by atoms with Gasteiger partial charge in [0.2, 0.25) is 0 Å². The molecule has 1 heteroatoms. The van der Waals surface area contributed by atoms with Crippen molar-refractivity contribution in [2.24, 2.45) is 7.05 Å². The first-order chi connectivity index (χ1) is 7.84. The van der Waals surface area contributed by atoms with Crippen LogP contribution in [0.1, 0.15) is 5.56 Å². The third kappa shape index (κ3) is 1.41. The monoisotopic (exact) mass is 207 g/mol. The lowest BCUT2D eigenvalue weighted by Gasteiger charge is -2.00. The number of fused-ring (bicyclic) bond motifs is 1. The van der Waals surface area contributed by atoms with Gasteiger partial charge in [-0.05, 0) is 29.3 Å². The van der Waals surface area contributed by atoms with Crippen molar-refractivity contribution in [3.63, 3.8) is 0 Å². The molecule has 16 heavy (non-hydrogen) atoms. The van der Waals surface area contributed by atoms with Crippen LogP contribution in [0, 0.1) is 0 Å². The van der Waals surface area contributed by atoms with Crippen molar-refractivity contribution in [2.45, 2.75) is 0 Å². The van der Waals surface area contributed by atoms with E-state index in [9.17, 15) is 0 Å². The Balaban J connectivity index is 2.20. The number of nitrogens with zero attached hydrogens (tertiary/aromatic N) is 1. The highest BCUT2D eigenvalue weighted by molar-refractivity contribution is 5.90. The smallest absolute Gasteiger partial charge is 0.0483 e. The topological polar surface area (TPSA) is 4.93 Å². The molecule has 2 aromatic rings. The molecule has 1 aliphatic carbocycles. The molecule has 0 unspecified atom stereocenters. The maximum Gasteiger partial charge on any atom is 0.0483 e. The van der Waals surface area contributed by atoms with Crippen molar-refractivity contribution >= 4 is 17.0 Å². The summed E-state index contributed by atoms with van der Waals surface area (Å²) in [7, 11) is 2.08. The normalized spacial score (nSPS) is 13.9. The van der Waals surface area contributed by atoms with Gasteiger partial charge in [0.15, 0.2) is 0 Å². The van der Waals surface area contributed by atoms with Gasteiger partial charge in [-0.15, -0.1) is 0 Å². The van der Waals surface area contributed by atoms with Crippen LogP contribution in [0.15, 0.2) is 60.3 Å². The summed E-state index contributed by atoms with van der Waals surface area (Å²) in [6.07, 6.45) is 12.7. The third-order valence-corrected chi connectivity index (χ3v) is 2.97. The maximum absolute atomic E-state index is 2.22. The lowest BCUT2D eigenvalue weighted by molar-refractivity contribution is 0.969. The van der Waals surface area contributed by atoms with Gasteiger partial charge in [0.25, 0.3) is 0 Å². The Kier molecular flexibility index (Phi) is 2.03. The second kappa shape index (κ2) is 3.53. The molecule has 0 saturated heterocycles. The van der Waals surface area contributed by atoms with Crippen molar-refractivity contribution in [3.05, 3.63) is 65.9 Å². The van der Waals surface area contributed by atoms with Crippen molar-refractivity contribution in [1.29, 1.82) is 0 Å².